The van der Waals surface area contributed by atoms with E-state index in [4.69, 9.17) is 0 Å². The van der Waals surface area contributed by atoms with E-state index in [-0.39, 0.29) is 17.9 Å². The van der Waals surface area contributed by atoms with E-state index in [1.165, 1.54) is 4.31 Å². The predicted molar refractivity (Wildman–Crippen MR) is 153 cm³/mol. The summed E-state index contributed by atoms with van der Waals surface area (Å²) in [5.41, 5.74) is 6.40. The molecule has 1 aliphatic heterocycles. The SMILES string of the molecule is Cc1ccc(N2C(=O)CC(N(CCc3c[nH]c4ccccc34)S(=O)(=O)c3c(C)c(C)cc(C)c3C)C2=O)cc1. The molecule has 4 aromatic rings. The standard InChI is InChI=1S/C31H33N3O4S/c1-19-10-12-25(13-11-19)34-29(35)17-28(31(34)36)33(15-14-24-18-32-27-9-7-6-8-26(24)27)39(37,38)30-22(4)20(2)16-21(3)23(30)5/h6-13,16,18,28,32H,14-15,17H2,1-5H3. The third kappa shape index (κ3) is 4.68. The van der Waals surface area contributed by atoms with Crippen LogP contribution in [0.2, 0.25) is 0 Å². The normalized spacial score (nSPS) is 16.2. The maximum Gasteiger partial charge on any atom is 0.252 e. The van der Waals surface area contributed by atoms with Gasteiger partial charge in [0.15, 0.2) is 0 Å². The first-order chi connectivity index (χ1) is 18.5. The fourth-order valence-corrected chi connectivity index (χ4v) is 7.67. The fraction of sp³-hybridized carbons (Fsp3) is 0.290. The smallest absolute Gasteiger partial charge is 0.252 e. The van der Waals surface area contributed by atoms with E-state index in [1.54, 1.807) is 26.0 Å². The molecule has 0 spiro atoms. The summed E-state index contributed by atoms with van der Waals surface area (Å²) < 4.78 is 30.2. The molecule has 0 bridgehead atoms. The molecule has 0 saturated carbocycles. The van der Waals surface area contributed by atoms with Crippen molar-refractivity contribution < 1.29 is 18.0 Å². The van der Waals surface area contributed by atoms with Gasteiger partial charge in [0.1, 0.15) is 6.04 Å². The molecule has 1 saturated heterocycles. The van der Waals surface area contributed by atoms with Crippen LogP contribution in [0.3, 0.4) is 0 Å². The van der Waals surface area contributed by atoms with Crippen molar-refractivity contribution >= 4 is 38.4 Å². The van der Waals surface area contributed by atoms with Crippen LogP contribution in [0.5, 0.6) is 0 Å². The van der Waals surface area contributed by atoms with Gasteiger partial charge in [-0.15, -0.1) is 0 Å². The Kier molecular flexibility index (Phi) is 6.95. The van der Waals surface area contributed by atoms with Gasteiger partial charge in [0, 0.05) is 23.6 Å². The summed E-state index contributed by atoms with van der Waals surface area (Å²) in [5.74, 6) is -0.930. The monoisotopic (exact) mass is 543 g/mol. The number of aryl methyl sites for hydroxylation is 3. The molecule has 7 nitrogen and oxygen atoms in total. The Morgan fingerprint density at radius 1 is 0.923 bits per heavy atom. The molecule has 1 atom stereocenters. The molecule has 3 aromatic carbocycles. The van der Waals surface area contributed by atoms with E-state index in [0.29, 0.717) is 23.2 Å². The number of hydrogen-bond acceptors (Lipinski definition) is 4. The highest BCUT2D eigenvalue weighted by Crippen LogP contribution is 2.34. The summed E-state index contributed by atoms with van der Waals surface area (Å²) in [6.45, 7) is 9.36. The Bertz CT molecular complexity index is 1680. The molecule has 0 radical (unpaired) electrons. The molecular formula is C31H33N3O4S. The highest BCUT2D eigenvalue weighted by molar-refractivity contribution is 7.89. The molecule has 1 aliphatic rings. The van der Waals surface area contributed by atoms with Crippen molar-refractivity contribution in [2.75, 3.05) is 11.4 Å². The van der Waals surface area contributed by atoms with Gasteiger partial charge in [0.25, 0.3) is 5.91 Å². The summed E-state index contributed by atoms with van der Waals surface area (Å²) in [5, 5.41) is 1.00. The van der Waals surface area contributed by atoms with Crippen molar-refractivity contribution in [3.05, 3.63) is 94.2 Å². The fourth-order valence-electron chi connectivity index (χ4n) is 5.50. The van der Waals surface area contributed by atoms with Crippen LogP contribution in [0.4, 0.5) is 5.69 Å². The number of para-hydroxylation sites is 1. The summed E-state index contributed by atoms with van der Waals surface area (Å²) >= 11 is 0. The minimum atomic E-state index is -4.14. The molecule has 5 rings (SSSR count). The zero-order chi connectivity index (χ0) is 28.1. The number of aromatic amines is 1. The Balaban J connectivity index is 1.59. The summed E-state index contributed by atoms with van der Waals surface area (Å²) in [6, 6.07) is 15.8. The summed E-state index contributed by atoms with van der Waals surface area (Å²) in [7, 11) is -4.14. The number of carbonyl (C=O) groups is 2. The number of H-pyrrole nitrogens is 1. The number of rotatable bonds is 7. The van der Waals surface area contributed by atoms with Crippen LogP contribution >= 0.6 is 0 Å². The lowest BCUT2D eigenvalue weighted by Crippen LogP contribution is -2.46. The summed E-state index contributed by atoms with van der Waals surface area (Å²) in [4.78, 5) is 31.5. The zero-order valence-corrected chi connectivity index (χ0v) is 23.7. The number of carbonyl (C=O) groups excluding carboxylic acids is 2. The van der Waals surface area contributed by atoms with Crippen LogP contribution in [0.1, 0.15) is 39.8 Å². The number of nitrogens with zero attached hydrogens (tertiary/aromatic N) is 2. The number of nitrogens with one attached hydrogen (secondary N) is 1. The second-order valence-electron chi connectivity index (χ2n) is 10.4. The topological polar surface area (TPSA) is 90.6 Å². The number of hydrogen-bond donors (Lipinski definition) is 1. The lowest BCUT2D eigenvalue weighted by molar-refractivity contribution is -0.122. The van der Waals surface area contributed by atoms with Crippen LogP contribution in [0.15, 0.2) is 65.7 Å². The highest BCUT2D eigenvalue weighted by atomic mass is 32.2. The number of benzene rings is 3. The Labute approximate surface area is 229 Å². The van der Waals surface area contributed by atoms with Crippen molar-refractivity contribution in [1.29, 1.82) is 0 Å². The van der Waals surface area contributed by atoms with Gasteiger partial charge >= 0.3 is 0 Å². The third-order valence-corrected chi connectivity index (χ3v) is 10.1. The molecule has 8 heteroatoms. The molecule has 2 heterocycles. The van der Waals surface area contributed by atoms with Crippen LogP contribution in [0, 0.1) is 34.6 Å². The summed E-state index contributed by atoms with van der Waals surface area (Å²) in [6.07, 6.45) is 2.06. The third-order valence-electron chi connectivity index (χ3n) is 7.90. The minimum absolute atomic E-state index is 0.0570. The maximum atomic E-state index is 14.5. The van der Waals surface area contributed by atoms with Gasteiger partial charge in [0.05, 0.1) is 17.0 Å². The first kappa shape index (κ1) is 26.8. The molecule has 1 fully saturated rings. The van der Waals surface area contributed by atoms with Gasteiger partial charge in [-0.2, -0.15) is 4.31 Å². The number of imide groups is 1. The number of aromatic nitrogens is 1. The molecular weight excluding hydrogens is 510 g/mol. The lowest BCUT2D eigenvalue weighted by Gasteiger charge is -2.29. The molecule has 39 heavy (non-hydrogen) atoms. The van der Waals surface area contributed by atoms with E-state index in [0.717, 1.165) is 38.1 Å². The second-order valence-corrected chi connectivity index (χ2v) is 12.3. The van der Waals surface area contributed by atoms with E-state index < -0.39 is 27.9 Å². The zero-order valence-electron chi connectivity index (χ0n) is 22.9. The average molecular weight is 544 g/mol. The maximum absolute atomic E-state index is 14.5. The molecule has 2 amide bonds. The van der Waals surface area contributed by atoms with Crippen molar-refractivity contribution in [2.45, 2.75) is 58.4 Å². The molecule has 202 valence electrons. The Morgan fingerprint density at radius 2 is 1.56 bits per heavy atom. The second kappa shape index (κ2) is 10.1. The van der Waals surface area contributed by atoms with Crippen LogP contribution in [-0.2, 0) is 26.0 Å². The number of sulfonamides is 1. The van der Waals surface area contributed by atoms with Gasteiger partial charge in [0.2, 0.25) is 15.9 Å². The van der Waals surface area contributed by atoms with E-state index >= 15 is 0 Å². The van der Waals surface area contributed by atoms with Crippen LogP contribution in [-0.4, -0.2) is 42.1 Å². The number of amides is 2. The van der Waals surface area contributed by atoms with Gasteiger partial charge in [-0.25, -0.2) is 13.3 Å². The first-order valence-electron chi connectivity index (χ1n) is 13.1. The molecule has 1 aromatic heterocycles. The predicted octanol–water partition coefficient (Wildman–Crippen LogP) is 5.28. The van der Waals surface area contributed by atoms with E-state index in [9.17, 15) is 18.0 Å². The molecule has 1 unspecified atom stereocenters. The van der Waals surface area contributed by atoms with Gasteiger partial charge in [-0.1, -0.05) is 42.0 Å². The van der Waals surface area contributed by atoms with Crippen molar-refractivity contribution in [3.63, 3.8) is 0 Å². The van der Waals surface area contributed by atoms with Gasteiger partial charge in [-0.05, 0) is 87.1 Å². The van der Waals surface area contributed by atoms with Gasteiger partial charge in [-0.3, -0.25) is 9.59 Å². The first-order valence-corrected chi connectivity index (χ1v) is 14.5. The molecule has 1 N–H and O–H groups in total. The average Bonchev–Trinajstić information content (AvgIpc) is 3.43. The number of anilines is 1. The van der Waals surface area contributed by atoms with E-state index in [2.05, 4.69) is 4.98 Å². The van der Waals surface area contributed by atoms with Crippen molar-refractivity contribution in [3.8, 4) is 0 Å². The molecule has 0 aliphatic carbocycles. The minimum Gasteiger partial charge on any atom is -0.361 e. The van der Waals surface area contributed by atoms with Crippen molar-refractivity contribution in [2.24, 2.45) is 0 Å². The largest absolute Gasteiger partial charge is 0.361 e. The van der Waals surface area contributed by atoms with Crippen molar-refractivity contribution in [1.82, 2.24) is 9.29 Å². The lowest BCUT2D eigenvalue weighted by atomic mass is 10.0. The number of fused-ring (bicyclic) bond motifs is 1. The van der Waals surface area contributed by atoms with Gasteiger partial charge < -0.3 is 4.98 Å². The Morgan fingerprint density at radius 3 is 2.23 bits per heavy atom. The van der Waals surface area contributed by atoms with Crippen LogP contribution < -0.4 is 4.90 Å². The van der Waals surface area contributed by atoms with Crippen LogP contribution in [0.25, 0.3) is 10.9 Å². The van der Waals surface area contributed by atoms with E-state index in [1.807, 2.05) is 69.4 Å². The Hall–Kier alpha value is -3.75. The highest BCUT2D eigenvalue weighted by Gasteiger charge is 2.47. The quantitative estimate of drug-likeness (QED) is 0.321.